The third kappa shape index (κ3) is 4.43. The van der Waals surface area contributed by atoms with Crippen LogP contribution in [0.1, 0.15) is 0 Å². The van der Waals surface area contributed by atoms with Crippen LogP contribution in [0.5, 0.6) is 11.5 Å². The third-order valence-corrected chi connectivity index (χ3v) is 1.91. The van der Waals surface area contributed by atoms with Gasteiger partial charge in [0.1, 0.15) is 23.9 Å². The minimum atomic E-state index is 0.495. The molecule has 0 unspecified atom stereocenters. The molecule has 0 fully saturated rings. The molecule has 0 N–H and O–H groups in total. The molecule has 0 radical (unpaired) electrons. The van der Waals surface area contributed by atoms with Gasteiger partial charge in [-0.2, -0.15) is 0 Å². The zero-order valence-electron chi connectivity index (χ0n) is 9.76. The summed E-state index contributed by atoms with van der Waals surface area (Å²) < 4.78 is 10.9. The van der Waals surface area contributed by atoms with Crippen molar-refractivity contribution in [3.05, 3.63) is 74.1 Å². The molecule has 0 aliphatic rings. The van der Waals surface area contributed by atoms with Crippen molar-refractivity contribution in [3.8, 4) is 11.5 Å². The van der Waals surface area contributed by atoms with E-state index in [0.717, 1.165) is 11.5 Å². The van der Waals surface area contributed by atoms with E-state index in [9.17, 15) is 0 Å². The maximum atomic E-state index is 5.56. The number of benzene rings is 1. The lowest BCUT2D eigenvalue weighted by Crippen LogP contribution is -1.94. The number of rotatable bonds is 7. The van der Waals surface area contributed by atoms with Crippen LogP contribution in [-0.4, -0.2) is 6.61 Å². The van der Waals surface area contributed by atoms with E-state index in [-0.39, 0.29) is 0 Å². The molecule has 0 atom stereocenters. The van der Waals surface area contributed by atoms with Crippen molar-refractivity contribution in [2.45, 2.75) is 0 Å². The number of hydrogen-bond acceptors (Lipinski definition) is 2. The highest BCUT2D eigenvalue weighted by Gasteiger charge is 1.97. The van der Waals surface area contributed by atoms with E-state index in [2.05, 4.69) is 19.7 Å². The predicted molar refractivity (Wildman–Crippen MR) is 71.2 cm³/mol. The van der Waals surface area contributed by atoms with Crippen molar-refractivity contribution >= 4 is 0 Å². The molecule has 1 rings (SSSR count). The second-order valence-corrected chi connectivity index (χ2v) is 3.18. The van der Waals surface area contributed by atoms with Crippen molar-refractivity contribution < 1.29 is 9.47 Å². The molecule has 17 heavy (non-hydrogen) atoms. The summed E-state index contributed by atoms with van der Waals surface area (Å²) in [6.07, 6.45) is 6.73. The third-order valence-electron chi connectivity index (χ3n) is 1.91. The smallest absolute Gasteiger partial charge is 0.127 e. The Morgan fingerprint density at radius 3 is 2.24 bits per heavy atom. The standard InChI is InChI=1S/C15H16O2/c1-4-7-13(6-3)17-15-10-8-14(9-11-15)16-12-5-2/h4-11H,1-3,12H2/b13-7+. The zero-order valence-corrected chi connectivity index (χ0v) is 9.76. The lowest BCUT2D eigenvalue weighted by atomic mass is 10.3. The lowest BCUT2D eigenvalue weighted by molar-refractivity contribution is 0.362. The van der Waals surface area contributed by atoms with Gasteiger partial charge < -0.3 is 9.47 Å². The van der Waals surface area contributed by atoms with E-state index in [1.54, 1.807) is 24.3 Å². The fourth-order valence-electron chi connectivity index (χ4n) is 1.16. The van der Waals surface area contributed by atoms with E-state index in [1.165, 1.54) is 0 Å². The molecule has 1 aromatic rings. The molecule has 0 spiro atoms. The van der Waals surface area contributed by atoms with Gasteiger partial charge in [-0.3, -0.25) is 0 Å². The zero-order chi connectivity index (χ0) is 12.5. The van der Waals surface area contributed by atoms with E-state index >= 15 is 0 Å². The molecule has 0 aliphatic carbocycles. The van der Waals surface area contributed by atoms with Crippen molar-refractivity contribution in [3.63, 3.8) is 0 Å². The molecule has 0 amide bonds. The summed E-state index contributed by atoms with van der Waals surface area (Å²) in [5.74, 6) is 2.16. The van der Waals surface area contributed by atoms with E-state index < -0.39 is 0 Å². The first-order valence-electron chi connectivity index (χ1n) is 5.27. The fourth-order valence-corrected chi connectivity index (χ4v) is 1.16. The van der Waals surface area contributed by atoms with Crippen LogP contribution in [0.3, 0.4) is 0 Å². The van der Waals surface area contributed by atoms with Crippen LogP contribution in [0.25, 0.3) is 0 Å². The van der Waals surface area contributed by atoms with E-state index in [4.69, 9.17) is 9.47 Å². The van der Waals surface area contributed by atoms with Crippen LogP contribution < -0.4 is 9.47 Å². The van der Waals surface area contributed by atoms with Crippen LogP contribution in [0.15, 0.2) is 74.1 Å². The van der Waals surface area contributed by atoms with Gasteiger partial charge >= 0.3 is 0 Å². The first-order valence-corrected chi connectivity index (χ1v) is 5.27. The highest BCUT2D eigenvalue weighted by atomic mass is 16.5. The first-order chi connectivity index (χ1) is 8.30. The highest BCUT2D eigenvalue weighted by Crippen LogP contribution is 2.19. The highest BCUT2D eigenvalue weighted by molar-refractivity contribution is 5.33. The van der Waals surface area contributed by atoms with Crippen LogP contribution in [0, 0.1) is 0 Å². The first kappa shape index (κ1) is 12.8. The number of allylic oxidation sites excluding steroid dienone is 3. The summed E-state index contributed by atoms with van der Waals surface area (Å²) in [7, 11) is 0. The predicted octanol–water partition coefficient (Wildman–Crippen LogP) is 3.89. The van der Waals surface area contributed by atoms with Crippen LogP contribution in [0.4, 0.5) is 0 Å². The van der Waals surface area contributed by atoms with Crippen molar-refractivity contribution in [1.29, 1.82) is 0 Å². The monoisotopic (exact) mass is 228 g/mol. The molecule has 2 nitrogen and oxygen atoms in total. The maximum Gasteiger partial charge on any atom is 0.127 e. The van der Waals surface area contributed by atoms with Gasteiger partial charge in [0.25, 0.3) is 0 Å². The molecule has 1 aromatic carbocycles. The summed E-state index contributed by atoms with van der Waals surface area (Å²) in [5.41, 5.74) is 0. The van der Waals surface area contributed by atoms with E-state index in [1.807, 2.05) is 24.3 Å². The largest absolute Gasteiger partial charge is 0.490 e. The maximum absolute atomic E-state index is 5.56. The summed E-state index contributed by atoms with van der Waals surface area (Å²) in [6, 6.07) is 7.35. The Kier molecular flexibility index (Phi) is 5.38. The Morgan fingerprint density at radius 2 is 1.71 bits per heavy atom. The van der Waals surface area contributed by atoms with Crippen molar-refractivity contribution in [1.82, 2.24) is 0 Å². The topological polar surface area (TPSA) is 18.5 Å². The summed E-state index contributed by atoms with van der Waals surface area (Å²) in [4.78, 5) is 0. The van der Waals surface area contributed by atoms with Gasteiger partial charge in [0.15, 0.2) is 0 Å². The number of ether oxygens (including phenoxy) is 2. The van der Waals surface area contributed by atoms with Gasteiger partial charge in [-0.1, -0.05) is 31.9 Å². The summed E-state index contributed by atoms with van der Waals surface area (Å²) >= 11 is 0. The molecule has 0 aliphatic heterocycles. The van der Waals surface area contributed by atoms with Crippen LogP contribution in [-0.2, 0) is 0 Å². The number of hydrogen-bond donors (Lipinski definition) is 0. The van der Waals surface area contributed by atoms with Gasteiger partial charge in [-0.15, -0.1) is 0 Å². The molecule has 0 saturated heterocycles. The van der Waals surface area contributed by atoms with Gasteiger partial charge in [0, 0.05) is 0 Å². The Balaban J connectivity index is 2.67. The summed E-state index contributed by atoms with van der Waals surface area (Å²) in [6.45, 7) is 11.3. The second kappa shape index (κ2) is 7.12. The van der Waals surface area contributed by atoms with E-state index in [0.29, 0.717) is 12.4 Å². The Hall–Kier alpha value is -2.22. The molecular weight excluding hydrogens is 212 g/mol. The fraction of sp³-hybridized carbons (Fsp3) is 0.0667. The minimum absolute atomic E-state index is 0.495. The lowest BCUT2D eigenvalue weighted by Gasteiger charge is -2.07. The minimum Gasteiger partial charge on any atom is -0.490 e. The van der Waals surface area contributed by atoms with Crippen molar-refractivity contribution in [2.75, 3.05) is 6.61 Å². The van der Waals surface area contributed by atoms with Crippen molar-refractivity contribution in [2.24, 2.45) is 0 Å². The Bertz CT molecular complexity index is 413. The van der Waals surface area contributed by atoms with Gasteiger partial charge in [-0.25, -0.2) is 0 Å². The quantitative estimate of drug-likeness (QED) is 0.400. The summed E-state index contributed by atoms with van der Waals surface area (Å²) in [5, 5.41) is 0. The Morgan fingerprint density at radius 1 is 1.06 bits per heavy atom. The average molecular weight is 228 g/mol. The SMILES string of the molecule is C=C/C=C(\C=C)Oc1ccc(OCC=C)cc1. The molecular formula is C15H16O2. The van der Waals surface area contributed by atoms with Crippen LogP contribution >= 0.6 is 0 Å². The second-order valence-electron chi connectivity index (χ2n) is 3.18. The van der Waals surface area contributed by atoms with Gasteiger partial charge in [0.05, 0.1) is 0 Å². The molecule has 0 saturated carbocycles. The Labute approximate surface area is 102 Å². The molecule has 0 aromatic heterocycles. The molecule has 88 valence electrons. The van der Waals surface area contributed by atoms with Crippen LogP contribution in [0.2, 0.25) is 0 Å². The normalized spacial score (nSPS) is 10.5. The average Bonchev–Trinajstić information content (AvgIpc) is 2.37. The van der Waals surface area contributed by atoms with Gasteiger partial charge in [0.2, 0.25) is 0 Å². The molecule has 0 bridgehead atoms. The van der Waals surface area contributed by atoms with Gasteiger partial charge in [-0.05, 0) is 36.4 Å². The molecule has 0 heterocycles. The molecule has 2 heteroatoms.